The van der Waals surface area contributed by atoms with Crippen LogP contribution in [0.5, 0.6) is 0 Å². The molecule has 1 amide bonds. The summed E-state index contributed by atoms with van der Waals surface area (Å²) in [5.41, 5.74) is 7.85. The van der Waals surface area contributed by atoms with Crippen LogP contribution in [-0.4, -0.2) is 17.4 Å². The minimum absolute atomic E-state index is 0.0986. The van der Waals surface area contributed by atoms with E-state index < -0.39 is 0 Å². The fourth-order valence-electron chi connectivity index (χ4n) is 1.97. The molecule has 0 spiro atoms. The van der Waals surface area contributed by atoms with E-state index in [1.807, 2.05) is 25.1 Å². The van der Waals surface area contributed by atoms with Crippen LogP contribution in [0.15, 0.2) is 47.2 Å². The predicted molar refractivity (Wildman–Crippen MR) is 84.8 cm³/mol. The van der Waals surface area contributed by atoms with Crippen molar-refractivity contribution < 1.29 is 4.79 Å². The highest BCUT2D eigenvalue weighted by atomic mass is 79.9. The smallest absolute Gasteiger partial charge is 0.259 e. The highest BCUT2D eigenvalue weighted by molar-refractivity contribution is 9.10. The maximum absolute atomic E-state index is 12.6. The van der Waals surface area contributed by atoms with Crippen LogP contribution in [0.2, 0.25) is 0 Å². The van der Waals surface area contributed by atoms with Crippen molar-refractivity contribution in [2.24, 2.45) is 0 Å². The number of nitrogen functional groups attached to an aromatic ring is 1. The molecule has 5 heteroatoms. The van der Waals surface area contributed by atoms with Gasteiger partial charge in [-0.1, -0.05) is 19.1 Å². The van der Waals surface area contributed by atoms with E-state index in [0.717, 1.165) is 16.6 Å². The maximum Gasteiger partial charge on any atom is 0.259 e. The molecule has 0 radical (unpaired) electrons. The molecule has 2 rings (SSSR count). The number of carbonyl (C=O) groups is 1. The van der Waals surface area contributed by atoms with Gasteiger partial charge in [-0.25, -0.2) is 0 Å². The Morgan fingerprint density at radius 3 is 2.75 bits per heavy atom. The van der Waals surface area contributed by atoms with E-state index in [0.29, 0.717) is 17.8 Å². The number of benzene rings is 1. The van der Waals surface area contributed by atoms with Crippen molar-refractivity contribution >= 4 is 33.2 Å². The molecule has 0 fully saturated rings. The van der Waals surface area contributed by atoms with Gasteiger partial charge >= 0.3 is 0 Å². The Balaban J connectivity index is 2.39. The Labute approximate surface area is 126 Å². The largest absolute Gasteiger partial charge is 0.397 e. The van der Waals surface area contributed by atoms with Crippen LogP contribution in [0.1, 0.15) is 23.7 Å². The van der Waals surface area contributed by atoms with Gasteiger partial charge in [0, 0.05) is 23.4 Å². The maximum atomic E-state index is 12.6. The zero-order valence-electron chi connectivity index (χ0n) is 11.2. The van der Waals surface area contributed by atoms with Gasteiger partial charge in [0.2, 0.25) is 0 Å². The second kappa shape index (κ2) is 6.52. The van der Waals surface area contributed by atoms with E-state index in [2.05, 4.69) is 20.9 Å². The van der Waals surface area contributed by atoms with Crippen LogP contribution in [-0.2, 0) is 0 Å². The molecule has 104 valence electrons. The van der Waals surface area contributed by atoms with Gasteiger partial charge in [-0.05, 0) is 40.5 Å². The molecule has 1 aromatic heterocycles. The molecule has 0 saturated heterocycles. The monoisotopic (exact) mass is 333 g/mol. The van der Waals surface area contributed by atoms with Crippen LogP contribution < -0.4 is 10.6 Å². The third-order valence-corrected chi connectivity index (χ3v) is 3.31. The molecule has 4 nitrogen and oxygen atoms in total. The van der Waals surface area contributed by atoms with Crippen LogP contribution in [0.25, 0.3) is 0 Å². The lowest BCUT2D eigenvalue weighted by molar-refractivity contribution is 0.0986. The van der Waals surface area contributed by atoms with Crippen LogP contribution in [0, 0.1) is 0 Å². The molecule has 1 heterocycles. The number of hydrogen-bond acceptors (Lipinski definition) is 3. The number of halogens is 1. The van der Waals surface area contributed by atoms with Gasteiger partial charge in [-0.15, -0.1) is 0 Å². The lowest BCUT2D eigenvalue weighted by atomic mass is 10.2. The summed E-state index contributed by atoms with van der Waals surface area (Å²) in [5, 5.41) is 0. The number of anilines is 2. The SMILES string of the molecule is CCCN(C(=O)c1cncc(Br)c1)c1ccccc1N. The zero-order valence-corrected chi connectivity index (χ0v) is 12.8. The van der Waals surface area contributed by atoms with Crippen molar-refractivity contribution in [3.05, 3.63) is 52.8 Å². The summed E-state index contributed by atoms with van der Waals surface area (Å²) in [6.07, 6.45) is 4.06. The van der Waals surface area contributed by atoms with Gasteiger partial charge in [0.1, 0.15) is 0 Å². The van der Waals surface area contributed by atoms with Crippen molar-refractivity contribution in [3.8, 4) is 0 Å². The molecule has 2 aromatic rings. The minimum atomic E-state index is -0.0986. The summed E-state index contributed by atoms with van der Waals surface area (Å²) < 4.78 is 0.779. The highest BCUT2D eigenvalue weighted by Crippen LogP contribution is 2.25. The number of nitrogens with zero attached hydrogens (tertiary/aromatic N) is 2. The minimum Gasteiger partial charge on any atom is -0.397 e. The lowest BCUT2D eigenvalue weighted by Crippen LogP contribution is -2.32. The molecule has 20 heavy (non-hydrogen) atoms. The van der Waals surface area contributed by atoms with E-state index in [1.165, 1.54) is 0 Å². The van der Waals surface area contributed by atoms with Gasteiger partial charge in [0.05, 0.1) is 16.9 Å². The molecule has 0 unspecified atom stereocenters. The summed E-state index contributed by atoms with van der Waals surface area (Å²) in [7, 11) is 0. The van der Waals surface area contributed by atoms with Gasteiger partial charge in [-0.3, -0.25) is 9.78 Å². The van der Waals surface area contributed by atoms with Crippen molar-refractivity contribution in [2.45, 2.75) is 13.3 Å². The first-order valence-corrected chi connectivity index (χ1v) is 7.19. The Bertz CT molecular complexity index is 616. The number of pyridine rings is 1. The van der Waals surface area contributed by atoms with E-state index in [9.17, 15) is 4.79 Å². The molecule has 0 saturated carbocycles. The molecule has 0 aliphatic rings. The van der Waals surface area contributed by atoms with Gasteiger partial charge in [0.15, 0.2) is 0 Å². The van der Waals surface area contributed by atoms with Gasteiger partial charge in [0.25, 0.3) is 5.91 Å². The number of para-hydroxylation sites is 2. The molecule has 2 N–H and O–H groups in total. The summed E-state index contributed by atoms with van der Waals surface area (Å²) in [4.78, 5) is 18.4. The van der Waals surface area contributed by atoms with E-state index in [-0.39, 0.29) is 5.91 Å². The fraction of sp³-hybridized carbons (Fsp3) is 0.200. The number of carbonyl (C=O) groups excluding carboxylic acids is 1. The fourth-order valence-corrected chi connectivity index (χ4v) is 2.34. The summed E-state index contributed by atoms with van der Waals surface area (Å²) in [6.45, 7) is 2.64. The summed E-state index contributed by atoms with van der Waals surface area (Å²) in [6, 6.07) is 9.14. The van der Waals surface area contributed by atoms with Crippen LogP contribution >= 0.6 is 15.9 Å². The zero-order chi connectivity index (χ0) is 14.5. The standard InChI is InChI=1S/C15H16BrN3O/c1-2-7-19(14-6-4-3-5-13(14)17)15(20)11-8-12(16)10-18-9-11/h3-6,8-10H,2,7,17H2,1H3. The molecule has 0 aliphatic heterocycles. The lowest BCUT2D eigenvalue weighted by Gasteiger charge is -2.23. The molecular formula is C15H16BrN3O. The van der Waals surface area contributed by atoms with Crippen LogP contribution in [0.3, 0.4) is 0 Å². The second-order valence-corrected chi connectivity index (χ2v) is 5.32. The molecule has 0 bridgehead atoms. The average molecular weight is 334 g/mol. The van der Waals surface area contributed by atoms with E-state index in [4.69, 9.17) is 5.73 Å². The Hall–Kier alpha value is -1.88. The first kappa shape index (κ1) is 14.5. The number of amides is 1. The quantitative estimate of drug-likeness (QED) is 0.871. The van der Waals surface area contributed by atoms with Gasteiger partial charge < -0.3 is 10.6 Å². The van der Waals surface area contributed by atoms with Crippen molar-refractivity contribution in [1.82, 2.24) is 4.98 Å². The number of rotatable bonds is 4. The number of nitrogens with two attached hydrogens (primary N) is 1. The first-order chi connectivity index (χ1) is 9.63. The molecule has 0 aliphatic carbocycles. The number of hydrogen-bond donors (Lipinski definition) is 1. The Kier molecular flexibility index (Phi) is 4.74. The topological polar surface area (TPSA) is 59.2 Å². The Morgan fingerprint density at radius 2 is 2.10 bits per heavy atom. The Morgan fingerprint density at radius 1 is 1.35 bits per heavy atom. The van der Waals surface area contributed by atoms with Crippen LogP contribution in [0.4, 0.5) is 11.4 Å². The first-order valence-electron chi connectivity index (χ1n) is 6.40. The third kappa shape index (κ3) is 3.17. The van der Waals surface area contributed by atoms with Crippen molar-refractivity contribution in [3.63, 3.8) is 0 Å². The predicted octanol–water partition coefficient (Wildman–Crippen LogP) is 3.48. The van der Waals surface area contributed by atoms with Gasteiger partial charge in [-0.2, -0.15) is 0 Å². The number of aromatic nitrogens is 1. The average Bonchev–Trinajstić information content (AvgIpc) is 2.45. The molecule has 1 aromatic carbocycles. The second-order valence-electron chi connectivity index (χ2n) is 4.41. The molecule has 0 atom stereocenters. The normalized spacial score (nSPS) is 10.3. The van der Waals surface area contributed by atoms with E-state index >= 15 is 0 Å². The summed E-state index contributed by atoms with van der Waals surface area (Å²) >= 11 is 3.33. The van der Waals surface area contributed by atoms with E-state index in [1.54, 1.807) is 29.4 Å². The summed E-state index contributed by atoms with van der Waals surface area (Å²) in [5.74, 6) is -0.0986. The van der Waals surface area contributed by atoms with Crippen molar-refractivity contribution in [2.75, 3.05) is 17.2 Å². The third-order valence-electron chi connectivity index (χ3n) is 2.87. The highest BCUT2D eigenvalue weighted by Gasteiger charge is 2.19. The molecular weight excluding hydrogens is 318 g/mol. The van der Waals surface area contributed by atoms with Crippen molar-refractivity contribution in [1.29, 1.82) is 0 Å².